The molecule has 0 radical (unpaired) electrons. The SMILES string of the molecule is CCC(C)NC(=O)CNC1CCCCC1C. The third-order valence-electron chi connectivity index (χ3n) is 3.66. The van der Waals surface area contributed by atoms with Crippen molar-refractivity contribution in [2.24, 2.45) is 5.92 Å². The highest BCUT2D eigenvalue weighted by molar-refractivity contribution is 5.78. The number of amides is 1. The van der Waals surface area contributed by atoms with Crippen LogP contribution in [0.3, 0.4) is 0 Å². The smallest absolute Gasteiger partial charge is 0.234 e. The molecule has 1 saturated carbocycles. The van der Waals surface area contributed by atoms with Crippen LogP contribution in [0.2, 0.25) is 0 Å². The summed E-state index contributed by atoms with van der Waals surface area (Å²) in [4.78, 5) is 11.6. The van der Waals surface area contributed by atoms with Crippen molar-refractivity contribution in [1.29, 1.82) is 0 Å². The van der Waals surface area contributed by atoms with Crippen LogP contribution in [0.4, 0.5) is 0 Å². The van der Waals surface area contributed by atoms with Crippen molar-refractivity contribution in [2.45, 2.75) is 65.0 Å². The molecule has 0 aromatic carbocycles. The molecule has 1 fully saturated rings. The van der Waals surface area contributed by atoms with Crippen LogP contribution >= 0.6 is 0 Å². The van der Waals surface area contributed by atoms with Crippen molar-refractivity contribution in [3.05, 3.63) is 0 Å². The van der Waals surface area contributed by atoms with Gasteiger partial charge < -0.3 is 10.6 Å². The Kier molecular flexibility index (Phi) is 5.81. The normalized spacial score (nSPS) is 27.4. The topological polar surface area (TPSA) is 41.1 Å². The fraction of sp³-hybridized carbons (Fsp3) is 0.923. The number of nitrogens with one attached hydrogen (secondary N) is 2. The molecule has 1 rings (SSSR count). The summed E-state index contributed by atoms with van der Waals surface area (Å²) in [7, 11) is 0. The van der Waals surface area contributed by atoms with Gasteiger partial charge in [-0.2, -0.15) is 0 Å². The van der Waals surface area contributed by atoms with E-state index in [2.05, 4.69) is 24.5 Å². The highest BCUT2D eigenvalue weighted by Crippen LogP contribution is 2.23. The first-order valence-electron chi connectivity index (χ1n) is 6.66. The van der Waals surface area contributed by atoms with E-state index in [1.165, 1.54) is 25.7 Å². The predicted octanol–water partition coefficient (Wildman–Crippen LogP) is 2.07. The Bertz CT molecular complexity index is 218. The molecular formula is C13H26N2O. The summed E-state index contributed by atoms with van der Waals surface area (Å²) in [6.07, 6.45) is 6.15. The summed E-state index contributed by atoms with van der Waals surface area (Å²) in [6.45, 7) is 6.88. The van der Waals surface area contributed by atoms with Gasteiger partial charge in [0.05, 0.1) is 6.54 Å². The molecule has 1 aliphatic rings. The van der Waals surface area contributed by atoms with E-state index in [0.29, 0.717) is 18.5 Å². The van der Waals surface area contributed by atoms with Crippen molar-refractivity contribution in [1.82, 2.24) is 10.6 Å². The van der Waals surface area contributed by atoms with Crippen molar-refractivity contribution in [2.75, 3.05) is 6.54 Å². The fourth-order valence-electron chi connectivity index (χ4n) is 2.27. The molecule has 3 unspecified atom stereocenters. The highest BCUT2D eigenvalue weighted by atomic mass is 16.1. The van der Waals surface area contributed by atoms with Crippen LogP contribution in [-0.2, 0) is 4.79 Å². The molecule has 0 heterocycles. The van der Waals surface area contributed by atoms with E-state index >= 15 is 0 Å². The molecule has 2 N–H and O–H groups in total. The lowest BCUT2D eigenvalue weighted by Gasteiger charge is -2.29. The van der Waals surface area contributed by atoms with E-state index in [0.717, 1.165) is 6.42 Å². The molecular weight excluding hydrogens is 200 g/mol. The second-order valence-corrected chi connectivity index (χ2v) is 5.13. The zero-order valence-corrected chi connectivity index (χ0v) is 10.9. The van der Waals surface area contributed by atoms with Crippen LogP contribution in [0.1, 0.15) is 52.9 Å². The van der Waals surface area contributed by atoms with Crippen molar-refractivity contribution < 1.29 is 4.79 Å². The van der Waals surface area contributed by atoms with Gasteiger partial charge in [0.1, 0.15) is 0 Å². The number of hydrogen-bond donors (Lipinski definition) is 2. The van der Waals surface area contributed by atoms with Gasteiger partial charge in [0.15, 0.2) is 0 Å². The van der Waals surface area contributed by atoms with E-state index in [4.69, 9.17) is 0 Å². The number of carbonyl (C=O) groups excluding carboxylic acids is 1. The van der Waals surface area contributed by atoms with E-state index in [9.17, 15) is 4.79 Å². The number of hydrogen-bond acceptors (Lipinski definition) is 2. The molecule has 3 nitrogen and oxygen atoms in total. The van der Waals surface area contributed by atoms with Gasteiger partial charge >= 0.3 is 0 Å². The Morgan fingerprint density at radius 2 is 2.06 bits per heavy atom. The summed E-state index contributed by atoms with van der Waals surface area (Å²) >= 11 is 0. The van der Waals surface area contributed by atoms with Crippen LogP contribution in [0.15, 0.2) is 0 Å². The maximum absolute atomic E-state index is 11.6. The van der Waals surface area contributed by atoms with E-state index in [1.54, 1.807) is 0 Å². The van der Waals surface area contributed by atoms with Gasteiger partial charge in [0.25, 0.3) is 0 Å². The molecule has 0 aromatic heterocycles. The van der Waals surface area contributed by atoms with Crippen molar-refractivity contribution in [3.8, 4) is 0 Å². The Hall–Kier alpha value is -0.570. The Morgan fingerprint density at radius 1 is 1.38 bits per heavy atom. The number of rotatable bonds is 5. The molecule has 1 aliphatic carbocycles. The zero-order valence-electron chi connectivity index (χ0n) is 10.9. The summed E-state index contributed by atoms with van der Waals surface area (Å²) in [6, 6.07) is 0.828. The Balaban J connectivity index is 2.20. The molecule has 0 aromatic rings. The minimum absolute atomic E-state index is 0.132. The molecule has 94 valence electrons. The minimum atomic E-state index is 0.132. The summed E-state index contributed by atoms with van der Waals surface area (Å²) in [5.41, 5.74) is 0. The van der Waals surface area contributed by atoms with Gasteiger partial charge in [0.2, 0.25) is 5.91 Å². The fourth-order valence-corrected chi connectivity index (χ4v) is 2.27. The van der Waals surface area contributed by atoms with Gasteiger partial charge in [0, 0.05) is 12.1 Å². The predicted molar refractivity (Wildman–Crippen MR) is 67.3 cm³/mol. The van der Waals surface area contributed by atoms with Crippen LogP contribution in [0.5, 0.6) is 0 Å². The largest absolute Gasteiger partial charge is 0.353 e. The molecule has 0 spiro atoms. The van der Waals surface area contributed by atoms with Crippen LogP contribution < -0.4 is 10.6 Å². The number of carbonyl (C=O) groups is 1. The average molecular weight is 226 g/mol. The summed E-state index contributed by atoms with van der Waals surface area (Å²) in [5, 5.41) is 6.37. The monoisotopic (exact) mass is 226 g/mol. The van der Waals surface area contributed by atoms with Gasteiger partial charge in [-0.1, -0.05) is 26.7 Å². The van der Waals surface area contributed by atoms with E-state index in [-0.39, 0.29) is 11.9 Å². The van der Waals surface area contributed by atoms with Crippen LogP contribution in [-0.4, -0.2) is 24.5 Å². The average Bonchev–Trinajstić information content (AvgIpc) is 2.28. The molecule has 0 saturated heterocycles. The lowest BCUT2D eigenvalue weighted by Crippen LogP contribution is -2.45. The van der Waals surface area contributed by atoms with Crippen molar-refractivity contribution >= 4 is 5.91 Å². The second kappa shape index (κ2) is 6.89. The zero-order chi connectivity index (χ0) is 12.0. The Morgan fingerprint density at radius 3 is 2.69 bits per heavy atom. The molecule has 1 amide bonds. The molecule has 0 bridgehead atoms. The first-order chi connectivity index (χ1) is 7.63. The van der Waals surface area contributed by atoms with Gasteiger partial charge in [-0.25, -0.2) is 0 Å². The quantitative estimate of drug-likeness (QED) is 0.753. The van der Waals surface area contributed by atoms with Crippen molar-refractivity contribution in [3.63, 3.8) is 0 Å². The lowest BCUT2D eigenvalue weighted by molar-refractivity contribution is -0.121. The Labute approximate surface area is 99.4 Å². The van der Waals surface area contributed by atoms with Gasteiger partial charge in [-0.3, -0.25) is 4.79 Å². The second-order valence-electron chi connectivity index (χ2n) is 5.13. The van der Waals surface area contributed by atoms with E-state index < -0.39 is 0 Å². The van der Waals surface area contributed by atoms with Gasteiger partial charge in [-0.15, -0.1) is 0 Å². The highest BCUT2D eigenvalue weighted by Gasteiger charge is 2.21. The van der Waals surface area contributed by atoms with Crippen LogP contribution in [0.25, 0.3) is 0 Å². The summed E-state index contributed by atoms with van der Waals surface area (Å²) in [5.74, 6) is 0.845. The molecule has 3 atom stereocenters. The molecule has 16 heavy (non-hydrogen) atoms. The standard InChI is InChI=1S/C13H26N2O/c1-4-11(3)15-13(16)9-14-12-8-6-5-7-10(12)2/h10-12,14H,4-9H2,1-3H3,(H,15,16). The first-order valence-corrected chi connectivity index (χ1v) is 6.66. The van der Waals surface area contributed by atoms with Crippen LogP contribution in [0, 0.1) is 5.92 Å². The van der Waals surface area contributed by atoms with Gasteiger partial charge in [-0.05, 0) is 32.1 Å². The first kappa shape index (κ1) is 13.5. The van der Waals surface area contributed by atoms with E-state index in [1.807, 2.05) is 6.92 Å². The lowest BCUT2D eigenvalue weighted by atomic mass is 9.86. The summed E-state index contributed by atoms with van der Waals surface area (Å²) < 4.78 is 0. The maximum Gasteiger partial charge on any atom is 0.234 e. The minimum Gasteiger partial charge on any atom is -0.353 e. The maximum atomic E-state index is 11.6. The third kappa shape index (κ3) is 4.52. The molecule has 3 heteroatoms. The third-order valence-corrected chi connectivity index (χ3v) is 3.66. The molecule has 0 aliphatic heterocycles.